The summed E-state index contributed by atoms with van der Waals surface area (Å²) >= 11 is 0. The first-order valence-corrected chi connectivity index (χ1v) is 4.67. The highest BCUT2D eigenvalue weighted by molar-refractivity contribution is 5.86. The molecular formula is C10H11N3O2. The fourth-order valence-electron chi connectivity index (χ4n) is 1.46. The van der Waals surface area contributed by atoms with Crippen LogP contribution < -0.4 is 0 Å². The number of hydrogen-bond acceptors (Lipinski definition) is 3. The number of rotatable bonds is 2. The maximum atomic E-state index is 10.7. The van der Waals surface area contributed by atoms with Crippen molar-refractivity contribution in [2.45, 2.75) is 19.8 Å². The molecule has 0 amide bonds. The maximum absolute atomic E-state index is 10.7. The van der Waals surface area contributed by atoms with Gasteiger partial charge in [-0.2, -0.15) is 5.10 Å². The van der Waals surface area contributed by atoms with Crippen molar-refractivity contribution in [2.24, 2.45) is 0 Å². The molecule has 0 radical (unpaired) electrons. The molecule has 15 heavy (non-hydrogen) atoms. The number of carboxylic acids is 1. The van der Waals surface area contributed by atoms with Gasteiger partial charge in [-0.15, -0.1) is 0 Å². The summed E-state index contributed by atoms with van der Waals surface area (Å²) in [5, 5.41) is 12.8. The topological polar surface area (TPSA) is 67.5 Å². The minimum Gasteiger partial charge on any atom is -0.476 e. The third-order valence-corrected chi connectivity index (χ3v) is 2.20. The number of hydrogen-bond donors (Lipinski definition) is 1. The highest BCUT2D eigenvalue weighted by atomic mass is 16.4. The number of carbonyl (C=O) groups is 1. The largest absolute Gasteiger partial charge is 0.476 e. The molecule has 2 aromatic heterocycles. The minimum absolute atomic E-state index is 0.0237. The average molecular weight is 205 g/mol. The van der Waals surface area contributed by atoms with Crippen molar-refractivity contribution in [2.75, 3.05) is 0 Å². The molecule has 2 aromatic rings. The normalized spacial score (nSPS) is 11.1. The molecule has 2 rings (SSSR count). The Balaban J connectivity index is 2.69. The molecule has 0 spiro atoms. The van der Waals surface area contributed by atoms with Crippen LogP contribution in [0.15, 0.2) is 18.3 Å². The average Bonchev–Trinajstić information content (AvgIpc) is 2.60. The van der Waals surface area contributed by atoms with Crippen molar-refractivity contribution in [1.29, 1.82) is 0 Å². The molecule has 0 saturated carbocycles. The summed E-state index contributed by atoms with van der Waals surface area (Å²) in [5.74, 6) is -0.757. The molecule has 1 N–H and O–H groups in total. The van der Waals surface area contributed by atoms with Crippen molar-refractivity contribution in [3.05, 3.63) is 29.7 Å². The molecule has 0 aliphatic rings. The van der Waals surface area contributed by atoms with Crippen LogP contribution in [0.1, 0.15) is 35.9 Å². The van der Waals surface area contributed by atoms with Gasteiger partial charge < -0.3 is 5.11 Å². The van der Waals surface area contributed by atoms with Gasteiger partial charge in [0.05, 0.1) is 0 Å². The third-order valence-electron chi connectivity index (χ3n) is 2.20. The van der Waals surface area contributed by atoms with E-state index in [9.17, 15) is 4.79 Å². The molecule has 0 aliphatic carbocycles. The van der Waals surface area contributed by atoms with Gasteiger partial charge in [-0.3, -0.25) is 0 Å². The van der Waals surface area contributed by atoms with Gasteiger partial charge in [0.15, 0.2) is 11.3 Å². The van der Waals surface area contributed by atoms with Crippen LogP contribution in [-0.4, -0.2) is 25.7 Å². The molecule has 0 unspecified atom stereocenters. The van der Waals surface area contributed by atoms with E-state index >= 15 is 0 Å². The van der Waals surface area contributed by atoms with Crippen LogP contribution in [0.2, 0.25) is 0 Å². The molecule has 0 saturated heterocycles. The molecule has 0 atom stereocenters. The molecule has 5 heteroatoms. The fraction of sp³-hybridized carbons (Fsp3) is 0.300. The van der Waals surface area contributed by atoms with Crippen LogP contribution in [-0.2, 0) is 0 Å². The second-order valence-electron chi connectivity index (χ2n) is 3.63. The van der Waals surface area contributed by atoms with Crippen molar-refractivity contribution in [3.63, 3.8) is 0 Å². The number of aromatic carboxylic acids is 1. The maximum Gasteiger partial charge on any atom is 0.356 e. The Kier molecular flexibility index (Phi) is 2.15. The number of nitrogens with zero attached hydrogens (tertiary/aromatic N) is 3. The zero-order chi connectivity index (χ0) is 11.0. The Labute approximate surface area is 86.4 Å². The van der Waals surface area contributed by atoms with E-state index in [0.717, 1.165) is 5.69 Å². The predicted octanol–water partition coefficient (Wildman–Crippen LogP) is 1.55. The van der Waals surface area contributed by atoms with Crippen LogP contribution in [0, 0.1) is 0 Å². The fourth-order valence-corrected chi connectivity index (χ4v) is 1.46. The summed E-state index contributed by atoms with van der Waals surface area (Å²) in [7, 11) is 0. The monoisotopic (exact) mass is 205 g/mol. The van der Waals surface area contributed by atoms with Crippen molar-refractivity contribution in [3.8, 4) is 0 Å². The zero-order valence-corrected chi connectivity index (χ0v) is 8.51. The minimum atomic E-state index is -1.03. The number of fused-ring (bicyclic) bond motifs is 1. The summed E-state index contributed by atoms with van der Waals surface area (Å²) in [5.41, 5.74) is 1.54. The Bertz CT molecular complexity index is 516. The SMILES string of the molecule is CC(C)c1ccnc2cc(C(=O)O)nn12. The molecule has 5 nitrogen and oxygen atoms in total. The molecule has 0 aromatic carbocycles. The zero-order valence-electron chi connectivity index (χ0n) is 8.51. The van der Waals surface area contributed by atoms with Crippen LogP contribution in [0.25, 0.3) is 5.65 Å². The van der Waals surface area contributed by atoms with Crippen LogP contribution in [0.3, 0.4) is 0 Å². The van der Waals surface area contributed by atoms with E-state index in [0.29, 0.717) is 5.65 Å². The van der Waals surface area contributed by atoms with Gasteiger partial charge in [-0.05, 0) is 12.0 Å². The molecule has 0 aliphatic heterocycles. The van der Waals surface area contributed by atoms with Gasteiger partial charge in [0.1, 0.15) is 0 Å². The quantitative estimate of drug-likeness (QED) is 0.807. The van der Waals surface area contributed by atoms with E-state index < -0.39 is 5.97 Å². The molecule has 78 valence electrons. The second kappa shape index (κ2) is 3.34. The summed E-state index contributed by atoms with van der Waals surface area (Å²) < 4.78 is 1.58. The van der Waals surface area contributed by atoms with E-state index in [4.69, 9.17) is 5.11 Å². The Morgan fingerprint density at radius 2 is 2.27 bits per heavy atom. The summed E-state index contributed by atoms with van der Waals surface area (Å²) in [6.07, 6.45) is 1.66. The van der Waals surface area contributed by atoms with Gasteiger partial charge in [-0.25, -0.2) is 14.3 Å². The van der Waals surface area contributed by atoms with Crippen molar-refractivity contribution >= 4 is 11.6 Å². The van der Waals surface area contributed by atoms with Crippen molar-refractivity contribution in [1.82, 2.24) is 14.6 Å². The van der Waals surface area contributed by atoms with E-state index in [1.165, 1.54) is 6.07 Å². The van der Waals surface area contributed by atoms with Crippen LogP contribution in [0.5, 0.6) is 0 Å². The summed E-state index contributed by atoms with van der Waals surface area (Å²) in [4.78, 5) is 14.8. The number of aromatic nitrogens is 3. The van der Waals surface area contributed by atoms with E-state index in [1.807, 2.05) is 19.9 Å². The number of carboxylic acid groups (broad SMARTS) is 1. The second-order valence-corrected chi connectivity index (χ2v) is 3.63. The first-order valence-electron chi connectivity index (χ1n) is 4.67. The molecule has 2 heterocycles. The highest BCUT2D eigenvalue weighted by Gasteiger charge is 2.12. The molecular weight excluding hydrogens is 194 g/mol. The molecule has 0 fully saturated rings. The lowest BCUT2D eigenvalue weighted by molar-refractivity contribution is 0.0690. The smallest absolute Gasteiger partial charge is 0.356 e. The standard InChI is InChI=1S/C10H11N3O2/c1-6(2)8-3-4-11-9-5-7(10(14)15)12-13(8)9/h3-6H,1-2H3,(H,14,15). The Morgan fingerprint density at radius 3 is 2.87 bits per heavy atom. The van der Waals surface area contributed by atoms with Gasteiger partial charge >= 0.3 is 5.97 Å². The van der Waals surface area contributed by atoms with E-state index in [2.05, 4.69) is 10.1 Å². The highest BCUT2D eigenvalue weighted by Crippen LogP contribution is 2.15. The lowest BCUT2D eigenvalue weighted by atomic mass is 10.1. The summed E-state index contributed by atoms with van der Waals surface area (Å²) in [6, 6.07) is 3.31. The van der Waals surface area contributed by atoms with Gasteiger partial charge in [-0.1, -0.05) is 13.8 Å². The van der Waals surface area contributed by atoms with E-state index in [-0.39, 0.29) is 11.6 Å². The Morgan fingerprint density at radius 1 is 1.53 bits per heavy atom. The van der Waals surface area contributed by atoms with Gasteiger partial charge in [0.2, 0.25) is 0 Å². The summed E-state index contributed by atoms with van der Waals surface area (Å²) in [6.45, 7) is 4.05. The predicted molar refractivity (Wildman–Crippen MR) is 54.0 cm³/mol. The Hall–Kier alpha value is -1.91. The first kappa shape index (κ1) is 9.64. The van der Waals surface area contributed by atoms with Gasteiger partial charge in [0.25, 0.3) is 0 Å². The first-order chi connectivity index (χ1) is 7.09. The van der Waals surface area contributed by atoms with Crippen LogP contribution >= 0.6 is 0 Å². The third kappa shape index (κ3) is 1.56. The lowest BCUT2D eigenvalue weighted by Crippen LogP contribution is -2.03. The van der Waals surface area contributed by atoms with Gasteiger partial charge in [0, 0.05) is 18.0 Å². The van der Waals surface area contributed by atoms with Crippen LogP contribution in [0.4, 0.5) is 0 Å². The lowest BCUT2D eigenvalue weighted by Gasteiger charge is -2.06. The van der Waals surface area contributed by atoms with Crippen molar-refractivity contribution < 1.29 is 9.90 Å². The molecule has 0 bridgehead atoms. The van der Waals surface area contributed by atoms with E-state index in [1.54, 1.807) is 10.7 Å².